The zero-order valence-electron chi connectivity index (χ0n) is 22.0. The fourth-order valence-electron chi connectivity index (χ4n) is 5.16. The van der Waals surface area contributed by atoms with Crippen LogP contribution in [0.1, 0.15) is 114 Å². The lowest BCUT2D eigenvalue weighted by molar-refractivity contribution is -0.127. The highest BCUT2D eigenvalue weighted by atomic mass is 32.1. The Labute approximate surface area is 216 Å². The van der Waals surface area contributed by atoms with Crippen LogP contribution in [0.25, 0.3) is 0 Å². The van der Waals surface area contributed by atoms with Gasteiger partial charge in [-0.25, -0.2) is 4.98 Å². The smallest absolute Gasteiger partial charge is 0.200 e. The van der Waals surface area contributed by atoms with Gasteiger partial charge in [0.05, 0.1) is 22.6 Å². The molecular weight excluding hydrogens is 456 g/mol. The molecule has 0 N–H and O–H groups in total. The van der Waals surface area contributed by atoms with E-state index >= 15 is 0 Å². The van der Waals surface area contributed by atoms with Crippen LogP contribution in [0.5, 0.6) is 0 Å². The summed E-state index contributed by atoms with van der Waals surface area (Å²) in [4.78, 5) is 21.4. The zero-order valence-corrected chi connectivity index (χ0v) is 22.8. The maximum Gasteiger partial charge on any atom is 0.200 e. The van der Waals surface area contributed by atoms with E-state index in [9.17, 15) is 4.79 Å². The highest BCUT2D eigenvalue weighted by molar-refractivity contribution is 7.10. The number of furan rings is 1. The van der Waals surface area contributed by atoms with Crippen LogP contribution in [0.15, 0.2) is 28.3 Å². The normalized spacial score (nSPS) is 15.4. The molecule has 2 aromatic heterocycles. The molecule has 35 heavy (non-hydrogen) atoms. The third kappa shape index (κ3) is 9.05. The number of hydrogen-bond acceptors (Lipinski definition) is 6. The Balaban J connectivity index is 1.49. The second-order valence-corrected chi connectivity index (χ2v) is 11.0. The molecule has 0 bridgehead atoms. The fraction of sp³-hybridized carbons (Fsp3) is 0.724. The Kier molecular flexibility index (Phi) is 12.9. The van der Waals surface area contributed by atoms with Gasteiger partial charge in [0.1, 0.15) is 11.6 Å². The number of hydrogen-bond donors (Lipinski definition) is 0. The van der Waals surface area contributed by atoms with Crippen molar-refractivity contribution >= 4 is 28.8 Å². The van der Waals surface area contributed by atoms with Gasteiger partial charge >= 0.3 is 0 Å². The molecule has 1 atom stereocenters. The van der Waals surface area contributed by atoms with Crippen LogP contribution in [0.2, 0.25) is 0 Å². The molecule has 1 unspecified atom stereocenters. The quantitative estimate of drug-likeness (QED) is 0.191. The first kappa shape index (κ1) is 27.9. The van der Waals surface area contributed by atoms with E-state index < -0.39 is 0 Å². The summed E-state index contributed by atoms with van der Waals surface area (Å²) in [6, 6.07) is 3.82. The Bertz CT molecular complexity index is 814. The lowest BCUT2D eigenvalue weighted by atomic mass is 9.83. The number of nitrogens with zero attached hydrogens (tertiary/aromatic N) is 2. The number of thiazole rings is 1. The second kappa shape index (κ2) is 16.2. The molecule has 1 saturated heterocycles. The standard InChI is InChI=1S/C29H46N2O3S/c1-3-4-5-6-7-8-9-10-11-12-13-14-16-25(27(32)24-18-21-33-22-19-24)28-29(30-23-35-28)31(2)26-17-15-20-34-26/h15,17,20,23-25H,3-14,16,18-19,21-22H2,1-2H3. The first-order valence-corrected chi connectivity index (χ1v) is 14.9. The molecule has 1 aliphatic heterocycles. The molecule has 1 aliphatic rings. The van der Waals surface area contributed by atoms with E-state index in [1.807, 2.05) is 29.6 Å². The number of ketones is 1. The molecule has 0 radical (unpaired) electrons. The van der Waals surface area contributed by atoms with E-state index in [0.717, 1.165) is 42.3 Å². The third-order valence-electron chi connectivity index (χ3n) is 7.36. The first-order chi connectivity index (χ1) is 17.2. The van der Waals surface area contributed by atoms with E-state index in [2.05, 4.69) is 11.9 Å². The molecular formula is C29H46N2O3S. The molecule has 0 spiro atoms. The molecule has 0 aromatic carbocycles. The van der Waals surface area contributed by atoms with Crippen LogP contribution in [-0.2, 0) is 9.53 Å². The van der Waals surface area contributed by atoms with Gasteiger partial charge in [0.15, 0.2) is 0 Å². The van der Waals surface area contributed by atoms with Crippen molar-refractivity contribution in [2.75, 3.05) is 25.2 Å². The van der Waals surface area contributed by atoms with Crippen LogP contribution in [0.4, 0.5) is 11.7 Å². The van der Waals surface area contributed by atoms with Gasteiger partial charge in [0.25, 0.3) is 0 Å². The number of carbonyl (C=O) groups excluding carboxylic acids is 1. The minimum Gasteiger partial charge on any atom is -0.448 e. The van der Waals surface area contributed by atoms with Gasteiger partial charge in [-0.3, -0.25) is 9.69 Å². The van der Waals surface area contributed by atoms with Crippen LogP contribution in [0, 0.1) is 5.92 Å². The summed E-state index contributed by atoms with van der Waals surface area (Å²) in [6.45, 7) is 3.67. The molecule has 5 nitrogen and oxygen atoms in total. The molecule has 196 valence electrons. The van der Waals surface area contributed by atoms with E-state index in [-0.39, 0.29) is 11.8 Å². The number of unbranched alkanes of at least 4 members (excludes halogenated alkanes) is 11. The maximum atomic E-state index is 13.7. The summed E-state index contributed by atoms with van der Waals surface area (Å²) in [5, 5.41) is 0. The number of carbonyl (C=O) groups is 1. The molecule has 2 aromatic rings. The van der Waals surface area contributed by atoms with E-state index in [4.69, 9.17) is 9.15 Å². The van der Waals surface area contributed by atoms with Crippen LogP contribution >= 0.6 is 11.3 Å². The summed E-state index contributed by atoms with van der Waals surface area (Å²) in [5.74, 6) is 2.01. The van der Waals surface area contributed by atoms with Gasteiger partial charge in [0.2, 0.25) is 5.88 Å². The van der Waals surface area contributed by atoms with Crippen LogP contribution in [0.3, 0.4) is 0 Å². The average Bonchev–Trinajstić information content (AvgIpc) is 3.60. The Hall–Kier alpha value is -1.66. The summed E-state index contributed by atoms with van der Waals surface area (Å²) < 4.78 is 11.1. The van der Waals surface area contributed by atoms with Gasteiger partial charge in [0, 0.05) is 32.2 Å². The maximum absolute atomic E-state index is 13.7. The lowest BCUT2D eigenvalue weighted by Gasteiger charge is -2.26. The molecule has 0 aliphatic carbocycles. The summed E-state index contributed by atoms with van der Waals surface area (Å²) in [5.41, 5.74) is 1.87. The minimum atomic E-state index is -0.0823. The predicted octanol–water partition coefficient (Wildman–Crippen LogP) is 8.67. The highest BCUT2D eigenvalue weighted by Crippen LogP contribution is 2.39. The van der Waals surface area contributed by atoms with E-state index in [1.165, 1.54) is 70.6 Å². The summed E-state index contributed by atoms with van der Waals surface area (Å²) in [7, 11) is 1.97. The summed E-state index contributed by atoms with van der Waals surface area (Å²) in [6.07, 6.45) is 20.2. The van der Waals surface area contributed by atoms with Gasteiger partial charge < -0.3 is 9.15 Å². The van der Waals surface area contributed by atoms with Crippen molar-refractivity contribution in [3.05, 3.63) is 28.8 Å². The number of aromatic nitrogens is 1. The minimum absolute atomic E-state index is 0.0823. The zero-order chi connectivity index (χ0) is 24.7. The van der Waals surface area contributed by atoms with Crippen molar-refractivity contribution in [2.24, 2.45) is 5.92 Å². The number of ether oxygens (including phenoxy) is 1. The van der Waals surface area contributed by atoms with E-state index in [0.29, 0.717) is 19.0 Å². The Morgan fingerprint density at radius 1 is 1.03 bits per heavy atom. The van der Waals surface area contributed by atoms with E-state index in [1.54, 1.807) is 17.6 Å². The van der Waals surface area contributed by atoms with Crippen molar-refractivity contribution in [3.8, 4) is 0 Å². The monoisotopic (exact) mass is 502 g/mol. The predicted molar refractivity (Wildman–Crippen MR) is 146 cm³/mol. The third-order valence-corrected chi connectivity index (χ3v) is 8.29. The van der Waals surface area contributed by atoms with Crippen molar-refractivity contribution in [3.63, 3.8) is 0 Å². The molecule has 3 rings (SSSR count). The van der Waals surface area contributed by atoms with Crippen molar-refractivity contribution in [2.45, 2.75) is 109 Å². The molecule has 3 heterocycles. The van der Waals surface area contributed by atoms with Gasteiger partial charge in [-0.05, 0) is 25.3 Å². The van der Waals surface area contributed by atoms with Crippen LogP contribution in [-0.4, -0.2) is 31.0 Å². The number of anilines is 2. The first-order valence-electron chi connectivity index (χ1n) is 14.0. The largest absolute Gasteiger partial charge is 0.448 e. The van der Waals surface area contributed by atoms with Crippen molar-refractivity contribution in [1.82, 2.24) is 4.98 Å². The molecule has 0 saturated carbocycles. The molecule has 1 fully saturated rings. The van der Waals surface area contributed by atoms with Crippen molar-refractivity contribution in [1.29, 1.82) is 0 Å². The number of rotatable bonds is 18. The number of Topliss-reactive ketones (excluding diaryl/α,β-unsaturated/α-hetero) is 1. The molecule has 0 amide bonds. The van der Waals surface area contributed by atoms with Gasteiger partial charge in [-0.15, -0.1) is 11.3 Å². The van der Waals surface area contributed by atoms with Crippen molar-refractivity contribution < 1.29 is 13.9 Å². The fourth-order valence-corrected chi connectivity index (χ4v) is 6.12. The van der Waals surface area contributed by atoms with Gasteiger partial charge in [-0.2, -0.15) is 0 Å². The second-order valence-electron chi connectivity index (χ2n) is 10.1. The topological polar surface area (TPSA) is 55.6 Å². The lowest BCUT2D eigenvalue weighted by Crippen LogP contribution is -2.28. The Morgan fingerprint density at radius 2 is 1.66 bits per heavy atom. The summed E-state index contributed by atoms with van der Waals surface area (Å²) >= 11 is 1.61. The average molecular weight is 503 g/mol. The Morgan fingerprint density at radius 3 is 2.26 bits per heavy atom. The highest BCUT2D eigenvalue weighted by Gasteiger charge is 2.33. The molecule has 6 heteroatoms. The SMILES string of the molecule is CCCCCCCCCCCCCCC(C(=O)C1CCOCC1)c1scnc1N(C)c1ccco1. The van der Waals surface area contributed by atoms with Gasteiger partial charge in [-0.1, -0.05) is 84.0 Å². The van der Waals surface area contributed by atoms with Crippen LogP contribution < -0.4 is 4.90 Å².